The van der Waals surface area contributed by atoms with Gasteiger partial charge in [0, 0.05) is 55.3 Å². The Morgan fingerprint density at radius 1 is 0.203 bits per heavy atom. The fourth-order valence-corrected chi connectivity index (χ4v) is 10.5. The van der Waals surface area contributed by atoms with Crippen LogP contribution in [0.2, 0.25) is 0 Å². The molecule has 3 heteroatoms. The monoisotopic (exact) mass is 815 g/mol. The van der Waals surface area contributed by atoms with Gasteiger partial charge in [0.25, 0.3) is 0 Å². The number of rotatable bonds is 7. The first-order valence-corrected chi connectivity index (χ1v) is 22.1. The molecule has 3 nitrogen and oxygen atoms in total. The first-order valence-electron chi connectivity index (χ1n) is 22.1. The van der Waals surface area contributed by atoms with Crippen LogP contribution in [0.5, 0.6) is 0 Å². The van der Waals surface area contributed by atoms with Crippen LogP contribution in [0.15, 0.2) is 243 Å². The molecule has 0 amide bonds. The van der Waals surface area contributed by atoms with Crippen molar-refractivity contribution in [2.75, 3.05) is 0 Å². The fourth-order valence-electron chi connectivity index (χ4n) is 10.5. The molecule has 0 fully saturated rings. The highest BCUT2D eigenvalue weighted by molar-refractivity contribution is 6.11. The Morgan fingerprint density at radius 3 is 0.672 bits per heavy atom. The molecule has 10 aromatic carbocycles. The average Bonchev–Trinajstić information content (AvgIpc) is 4.01. The van der Waals surface area contributed by atoms with Crippen molar-refractivity contribution in [1.82, 2.24) is 13.7 Å². The number of fused-ring (bicyclic) bond motifs is 9. The largest absolute Gasteiger partial charge is 0.309 e. The SMILES string of the molecule is c1ccc2c(c1)c1ccccc1n2-c1ccc(-c2ccc(C(c3ccc(-n4c5ccccc5c5ccccc54)cc3)c3ccc(-n4c5ccccc5c5ccccc54)cc3)cc2)cc1. The number of aromatic nitrogens is 3. The van der Waals surface area contributed by atoms with Crippen LogP contribution in [-0.4, -0.2) is 13.7 Å². The summed E-state index contributed by atoms with van der Waals surface area (Å²) in [5.41, 5.74) is 16.9. The predicted molar refractivity (Wildman–Crippen MR) is 269 cm³/mol. The average molecular weight is 816 g/mol. The molecule has 0 saturated heterocycles. The minimum Gasteiger partial charge on any atom is -0.309 e. The first-order chi connectivity index (χ1) is 31.8. The molecule has 0 N–H and O–H groups in total. The molecular formula is C61H41N3. The second-order valence-corrected chi connectivity index (χ2v) is 16.9. The molecule has 3 heterocycles. The van der Waals surface area contributed by atoms with Crippen LogP contribution >= 0.6 is 0 Å². The van der Waals surface area contributed by atoms with Gasteiger partial charge in [-0.1, -0.05) is 170 Å². The van der Waals surface area contributed by atoms with Crippen molar-refractivity contribution in [2.45, 2.75) is 5.92 Å². The van der Waals surface area contributed by atoms with Crippen LogP contribution in [0, 0.1) is 0 Å². The van der Waals surface area contributed by atoms with Crippen molar-refractivity contribution >= 4 is 65.4 Å². The Morgan fingerprint density at radius 2 is 0.406 bits per heavy atom. The summed E-state index contributed by atoms with van der Waals surface area (Å²) in [6.07, 6.45) is 0. The zero-order valence-electron chi connectivity index (χ0n) is 35.0. The zero-order chi connectivity index (χ0) is 42.1. The van der Waals surface area contributed by atoms with E-state index in [0.717, 1.165) is 17.1 Å². The molecule has 13 rings (SSSR count). The third kappa shape index (κ3) is 5.68. The summed E-state index contributed by atoms with van der Waals surface area (Å²) in [5.74, 6) is 0.0196. The molecule has 300 valence electrons. The Hall–Kier alpha value is -8.40. The number of benzene rings is 10. The van der Waals surface area contributed by atoms with Gasteiger partial charge in [-0.3, -0.25) is 0 Å². The van der Waals surface area contributed by atoms with E-state index in [4.69, 9.17) is 0 Å². The van der Waals surface area contributed by atoms with Crippen LogP contribution in [0.3, 0.4) is 0 Å². The topological polar surface area (TPSA) is 14.8 Å². The van der Waals surface area contributed by atoms with Crippen molar-refractivity contribution in [2.24, 2.45) is 0 Å². The second-order valence-electron chi connectivity index (χ2n) is 16.9. The van der Waals surface area contributed by atoms with E-state index in [-0.39, 0.29) is 5.92 Å². The molecule has 0 aliphatic heterocycles. The normalized spacial score (nSPS) is 11.9. The Labute approximate surface area is 370 Å². The Balaban J connectivity index is 0.892. The van der Waals surface area contributed by atoms with Crippen molar-refractivity contribution in [3.63, 3.8) is 0 Å². The second kappa shape index (κ2) is 14.6. The maximum atomic E-state index is 2.39. The van der Waals surface area contributed by atoms with Gasteiger partial charge in [0.2, 0.25) is 0 Å². The van der Waals surface area contributed by atoms with Crippen molar-refractivity contribution in [3.8, 4) is 28.2 Å². The van der Waals surface area contributed by atoms with Crippen LogP contribution in [0.25, 0.3) is 93.6 Å². The lowest BCUT2D eigenvalue weighted by Gasteiger charge is -2.21. The molecule has 0 aliphatic rings. The minimum absolute atomic E-state index is 0.0196. The van der Waals surface area contributed by atoms with E-state index in [1.807, 2.05) is 0 Å². The lowest BCUT2D eigenvalue weighted by molar-refractivity contribution is 0.972. The van der Waals surface area contributed by atoms with Gasteiger partial charge in [-0.05, 0) is 101 Å². The van der Waals surface area contributed by atoms with E-state index in [0.29, 0.717) is 0 Å². The molecule has 0 unspecified atom stereocenters. The molecule has 0 spiro atoms. The molecule has 3 aromatic heterocycles. The van der Waals surface area contributed by atoms with E-state index >= 15 is 0 Å². The summed E-state index contributed by atoms with van der Waals surface area (Å²) < 4.78 is 7.16. The van der Waals surface area contributed by atoms with E-state index in [9.17, 15) is 0 Å². The third-order valence-corrected chi connectivity index (χ3v) is 13.4. The molecule has 0 radical (unpaired) electrons. The number of para-hydroxylation sites is 6. The summed E-state index contributed by atoms with van der Waals surface area (Å²) in [5, 5.41) is 7.62. The first kappa shape index (κ1) is 36.3. The van der Waals surface area contributed by atoms with Crippen molar-refractivity contribution < 1.29 is 0 Å². The minimum atomic E-state index is 0.0196. The van der Waals surface area contributed by atoms with Gasteiger partial charge < -0.3 is 13.7 Å². The maximum Gasteiger partial charge on any atom is 0.0541 e. The lowest BCUT2D eigenvalue weighted by atomic mass is 9.84. The van der Waals surface area contributed by atoms with E-state index in [1.165, 1.54) is 93.2 Å². The maximum absolute atomic E-state index is 2.39. The summed E-state index contributed by atoms with van der Waals surface area (Å²) >= 11 is 0. The Kier molecular flexibility index (Phi) is 8.28. The van der Waals surface area contributed by atoms with Gasteiger partial charge in [0.1, 0.15) is 0 Å². The highest BCUT2D eigenvalue weighted by atomic mass is 15.0. The van der Waals surface area contributed by atoms with Crippen LogP contribution in [-0.2, 0) is 0 Å². The van der Waals surface area contributed by atoms with Gasteiger partial charge in [0.05, 0.1) is 33.1 Å². The number of hydrogen-bond acceptors (Lipinski definition) is 0. The van der Waals surface area contributed by atoms with Gasteiger partial charge in [0.15, 0.2) is 0 Å². The fraction of sp³-hybridized carbons (Fsp3) is 0.0164. The number of hydrogen-bond donors (Lipinski definition) is 0. The van der Waals surface area contributed by atoms with Crippen molar-refractivity contribution in [1.29, 1.82) is 0 Å². The highest BCUT2D eigenvalue weighted by Gasteiger charge is 2.20. The summed E-state index contributed by atoms with van der Waals surface area (Å²) in [6.45, 7) is 0. The smallest absolute Gasteiger partial charge is 0.0541 e. The lowest BCUT2D eigenvalue weighted by Crippen LogP contribution is -2.05. The van der Waals surface area contributed by atoms with Gasteiger partial charge >= 0.3 is 0 Å². The van der Waals surface area contributed by atoms with Crippen LogP contribution in [0.1, 0.15) is 22.6 Å². The van der Waals surface area contributed by atoms with Crippen LogP contribution in [0.4, 0.5) is 0 Å². The summed E-state index contributed by atoms with van der Waals surface area (Å²) in [7, 11) is 0. The van der Waals surface area contributed by atoms with Gasteiger partial charge in [-0.25, -0.2) is 0 Å². The molecule has 0 aliphatic carbocycles. The number of nitrogens with zero attached hydrogens (tertiary/aromatic N) is 3. The molecule has 64 heavy (non-hydrogen) atoms. The van der Waals surface area contributed by atoms with E-state index < -0.39 is 0 Å². The summed E-state index contributed by atoms with van der Waals surface area (Å²) in [4.78, 5) is 0. The Bertz CT molecular complexity index is 3550. The molecule has 0 saturated carbocycles. The van der Waals surface area contributed by atoms with Gasteiger partial charge in [-0.15, -0.1) is 0 Å². The zero-order valence-corrected chi connectivity index (χ0v) is 35.0. The third-order valence-electron chi connectivity index (χ3n) is 13.4. The molecule has 0 atom stereocenters. The van der Waals surface area contributed by atoms with E-state index in [1.54, 1.807) is 0 Å². The van der Waals surface area contributed by atoms with E-state index in [2.05, 4.69) is 256 Å². The van der Waals surface area contributed by atoms with Crippen LogP contribution < -0.4 is 0 Å². The van der Waals surface area contributed by atoms with Gasteiger partial charge in [-0.2, -0.15) is 0 Å². The predicted octanol–water partition coefficient (Wildman–Crippen LogP) is 15.8. The standard InChI is InChI=1S/C61H41N3/c1-7-19-55-49(13-1)50-14-2-8-20-56(50)62(55)46-35-29-42(30-36-46)41-25-27-43(28-26-41)61(44-31-37-47(38-32-44)63-57-21-9-3-15-51(57)52-16-4-10-22-58(52)63)45-33-39-48(40-34-45)64-59-23-11-5-17-53(59)54-18-6-12-24-60(54)64/h1-40,61H. The van der Waals surface area contributed by atoms with Crippen molar-refractivity contribution in [3.05, 3.63) is 259 Å². The quantitative estimate of drug-likeness (QED) is 0.142. The molecular weight excluding hydrogens is 775 g/mol. The highest BCUT2D eigenvalue weighted by Crippen LogP contribution is 2.39. The molecule has 0 bridgehead atoms. The molecule has 13 aromatic rings. The summed E-state index contributed by atoms with van der Waals surface area (Å²) in [6, 6.07) is 89.0.